The highest BCUT2D eigenvalue weighted by Crippen LogP contribution is 2.38. The molecule has 4 rings (SSSR count). The number of aliphatic imine (C=N–C) groups is 1. The minimum atomic E-state index is -0.231. The predicted molar refractivity (Wildman–Crippen MR) is 109 cm³/mol. The molecule has 5 nitrogen and oxygen atoms in total. The number of hydrogen-bond donors (Lipinski definition) is 1. The first-order valence-electron chi connectivity index (χ1n) is 9.85. The number of carbonyl (C=O) groups is 1. The molecule has 1 aromatic carbocycles. The van der Waals surface area contributed by atoms with Crippen LogP contribution in [-0.2, 0) is 4.79 Å². The third-order valence-corrected chi connectivity index (χ3v) is 5.95. The number of nitrogens with zero attached hydrogens (tertiary/aromatic N) is 3. The molecule has 2 N–H and O–H groups in total. The van der Waals surface area contributed by atoms with Crippen molar-refractivity contribution in [3.63, 3.8) is 0 Å². The molecule has 0 spiro atoms. The van der Waals surface area contributed by atoms with Gasteiger partial charge < -0.3 is 10.6 Å². The lowest BCUT2D eigenvalue weighted by atomic mass is 9.83. The van der Waals surface area contributed by atoms with E-state index in [1.165, 1.54) is 10.9 Å². The molecular weight excluding hydrogens is 336 g/mol. The minimum Gasteiger partial charge on any atom is -0.342 e. The summed E-state index contributed by atoms with van der Waals surface area (Å²) in [4.78, 5) is 23.6. The molecule has 5 heteroatoms. The Morgan fingerprint density at radius 1 is 1.37 bits per heavy atom. The van der Waals surface area contributed by atoms with E-state index in [4.69, 9.17) is 5.73 Å². The fraction of sp³-hybridized carbons (Fsp3) is 0.500. The standard InChI is InChI=1S/C22H28N4O/c1-15-10-17(14-26(13-15)20(27)11-22(23)7-8-22)18-6-5-16(12-24-2)21-19(18)4-3-9-25-21/h3-6,9,12,15,17H,7-8,10-11,13-14,23H2,1-2H3/t15-,17+/m1/s1. The molecule has 2 atom stereocenters. The largest absolute Gasteiger partial charge is 0.342 e. The van der Waals surface area contributed by atoms with Crippen molar-refractivity contribution in [2.45, 2.75) is 44.1 Å². The Labute approximate surface area is 160 Å². The Morgan fingerprint density at radius 3 is 2.93 bits per heavy atom. The Hall–Kier alpha value is -2.27. The van der Waals surface area contributed by atoms with Crippen LogP contribution in [-0.4, -0.2) is 47.7 Å². The maximum absolute atomic E-state index is 12.8. The third-order valence-electron chi connectivity index (χ3n) is 5.95. The predicted octanol–water partition coefficient (Wildman–Crippen LogP) is 3.12. The number of hydrogen-bond acceptors (Lipinski definition) is 4. The van der Waals surface area contributed by atoms with Crippen LogP contribution in [0.5, 0.6) is 0 Å². The Morgan fingerprint density at radius 2 is 2.19 bits per heavy atom. The molecule has 1 amide bonds. The van der Waals surface area contributed by atoms with Crippen molar-refractivity contribution in [1.82, 2.24) is 9.88 Å². The molecule has 1 aromatic heterocycles. The van der Waals surface area contributed by atoms with Gasteiger partial charge in [0.2, 0.25) is 5.91 Å². The summed E-state index contributed by atoms with van der Waals surface area (Å²) in [5.41, 5.74) is 9.25. The van der Waals surface area contributed by atoms with Gasteiger partial charge in [0.05, 0.1) is 5.52 Å². The number of carbonyl (C=O) groups excluding carboxylic acids is 1. The highest BCUT2D eigenvalue weighted by atomic mass is 16.2. The van der Waals surface area contributed by atoms with Gasteiger partial charge in [0.15, 0.2) is 0 Å². The first kappa shape index (κ1) is 18.1. The number of rotatable bonds is 4. The minimum absolute atomic E-state index is 0.212. The Balaban J connectivity index is 1.64. The van der Waals surface area contributed by atoms with Gasteiger partial charge in [-0.15, -0.1) is 0 Å². The quantitative estimate of drug-likeness (QED) is 0.847. The fourth-order valence-electron chi connectivity index (χ4n) is 4.35. The van der Waals surface area contributed by atoms with E-state index in [-0.39, 0.29) is 11.4 Å². The van der Waals surface area contributed by atoms with Crippen molar-refractivity contribution in [3.8, 4) is 0 Å². The number of aromatic nitrogens is 1. The molecule has 27 heavy (non-hydrogen) atoms. The molecule has 1 aliphatic heterocycles. The highest BCUT2D eigenvalue weighted by Gasteiger charge is 2.42. The van der Waals surface area contributed by atoms with Gasteiger partial charge in [-0.3, -0.25) is 14.8 Å². The summed E-state index contributed by atoms with van der Waals surface area (Å²) in [7, 11) is 1.78. The summed E-state index contributed by atoms with van der Waals surface area (Å²) >= 11 is 0. The van der Waals surface area contributed by atoms with Gasteiger partial charge in [0.1, 0.15) is 0 Å². The lowest BCUT2D eigenvalue weighted by molar-refractivity contribution is -0.133. The van der Waals surface area contributed by atoms with Crippen LogP contribution < -0.4 is 5.73 Å². The van der Waals surface area contributed by atoms with Gasteiger partial charge in [0, 0.05) is 61.4 Å². The molecule has 2 heterocycles. The zero-order valence-corrected chi connectivity index (χ0v) is 16.2. The van der Waals surface area contributed by atoms with Crippen LogP contribution in [0.1, 0.15) is 49.7 Å². The van der Waals surface area contributed by atoms with E-state index in [2.05, 4.69) is 35.1 Å². The zero-order valence-electron chi connectivity index (χ0n) is 16.2. The van der Waals surface area contributed by atoms with Gasteiger partial charge in [-0.2, -0.15) is 0 Å². The number of pyridine rings is 1. The van der Waals surface area contributed by atoms with Crippen molar-refractivity contribution in [2.75, 3.05) is 20.1 Å². The molecule has 2 fully saturated rings. The number of amides is 1. The van der Waals surface area contributed by atoms with Crippen LogP contribution >= 0.6 is 0 Å². The maximum atomic E-state index is 12.8. The van der Waals surface area contributed by atoms with E-state index >= 15 is 0 Å². The number of piperidine rings is 1. The molecule has 1 aliphatic carbocycles. The number of benzene rings is 1. The van der Waals surface area contributed by atoms with Crippen LogP contribution in [0.25, 0.3) is 10.9 Å². The van der Waals surface area contributed by atoms with Crippen LogP contribution in [0.15, 0.2) is 35.5 Å². The van der Waals surface area contributed by atoms with Crippen LogP contribution in [0.4, 0.5) is 0 Å². The summed E-state index contributed by atoms with van der Waals surface area (Å²) in [6.07, 6.45) is 7.21. The molecule has 2 aliphatic rings. The van der Waals surface area contributed by atoms with Gasteiger partial charge in [-0.25, -0.2) is 0 Å². The van der Waals surface area contributed by atoms with Crippen molar-refractivity contribution in [3.05, 3.63) is 41.6 Å². The summed E-state index contributed by atoms with van der Waals surface area (Å²) in [5.74, 6) is 1.01. The topological polar surface area (TPSA) is 71.6 Å². The molecule has 1 saturated carbocycles. The fourth-order valence-corrected chi connectivity index (χ4v) is 4.35. The van der Waals surface area contributed by atoms with E-state index in [1.807, 2.05) is 23.4 Å². The average Bonchev–Trinajstić information content (AvgIpc) is 3.38. The number of fused-ring (bicyclic) bond motifs is 1. The second kappa shape index (κ2) is 7.04. The summed E-state index contributed by atoms with van der Waals surface area (Å²) in [6.45, 7) is 3.84. The Bertz CT molecular complexity index is 887. The van der Waals surface area contributed by atoms with E-state index in [9.17, 15) is 4.79 Å². The normalized spacial score (nSPS) is 24.5. The average molecular weight is 364 g/mol. The first-order valence-corrected chi connectivity index (χ1v) is 9.85. The number of nitrogens with two attached hydrogens (primary N) is 1. The lowest BCUT2D eigenvalue weighted by Gasteiger charge is -2.37. The summed E-state index contributed by atoms with van der Waals surface area (Å²) in [5, 5.41) is 1.17. The van der Waals surface area contributed by atoms with Gasteiger partial charge in [-0.1, -0.05) is 25.1 Å². The van der Waals surface area contributed by atoms with E-state index in [0.717, 1.165) is 43.4 Å². The van der Waals surface area contributed by atoms with Gasteiger partial charge in [0.25, 0.3) is 0 Å². The summed E-state index contributed by atoms with van der Waals surface area (Å²) < 4.78 is 0. The van der Waals surface area contributed by atoms with Crippen molar-refractivity contribution >= 4 is 23.0 Å². The zero-order chi connectivity index (χ0) is 19.0. The molecule has 0 radical (unpaired) electrons. The lowest BCUT2D eigenvalue weighted by Crippen LogP contribution is -2.44. The first-order chi connectivity index (χ1) is 13.0. The van der Waals surface area contributed by atoms with E-state index in [1.54, 1.807) is 7.05 Å². The molecular formula is C22H28N4O. The van der Waals surface area contributed by atoms with Crippen LogP contribution in [0.2, 0.25) is 0 Å². The van der Waals surface area contributed by atoms with Crippen molar-refractivity contribution in [2.24, 2.45) is 16.6 Å². The van der Waals surface area contributed by atoms with E-state index in [0.29, 0.717) is 18.3 Å². The van der Waals surface area contributed by atoms with Gasteiger partial charge >= 0.3 is 0 Å². The van der Waals surface area contributed by atoms with Crippen LogP contribution in [0, 0.1) is 5.92 Å². The second-order valence-electron chi connectivity index (χ2n) is 8.41. The van der Waals surface area contributed by atoms with E-state index < -0.39 is 0 Å². The maximum Gasteiger partial charge on any atom is 0.224 e. The van der Waals surface area contributed by atoms with Crippen molar-refractivity contribution in [1.29, 1.82) is 0 Å². The monoisotopic (exact) mass is 364 g/mol. The number of likely N-dealkylation sites (tertiary alicyclic amines) is 1. The molecule has 0 unspecified atom stereocenters. The molecule has 142 valence electrons. The summed E-state index contributed by atoms with van der Waals surface area (Å²) in [6, 6.07) is 8.41. The molecule has 2 aromatic rings. The van der Waals surface area contributed by atoms with Crippen molar-refractivity contribution < 1.29 is 4.79 Å². The van der Waals surface area contributed by atoms with Gasteiger partial charge in [-0.05, 0) is 36.8 Å². The highest BCUT2D eigenvalue weighted by molar-refractivity contribution is 5.99. The smallest absolute Gasteiger partial charge is 0.224 e. The Kier molecular flexibility index (Phi) is 4.72. The third kappa shape index (κ3) is 3.74. The molecule has 1 saturated heterocycles. The SMILES string of the molecule is CN=Cc1ccc([C@H]2C[C@@H](C)CN(C(=O)CC3(N)CC3)C2)c2cccnc12. The second-order valence-corrected chi connectivity index (χ2v) is 8.41. The van der Waals surface area contributed by atoms with Crippen LogP contribution in [0.3, 0.4) is 0 Å². The molecule has 0 bridgehead atoms.